The fraction of sp³-hybridized carbons (Fsp3) is 0.600. The van der Waals surface area contributed by atoms with Gasteiger partial charge in [-0.05, 0) is 6.42 Å². The molecule has 0 unspecified atom stereocenters. The lowest BCUT2D eigenvalue weighted by atomic mass is 10.4. The van der Waals surface area contributed by atoms with Gasteiger partial charge in [-0.3, -0.25) is 4.84 Å². The van der Waals surface area contributed by atoms with Crippen molar-refractivity contribution in [3.05, 3.63) is 12.2 Å². The summed E-state index contributed by atoms with van der Waals surface area (Å²) in [6.45, 7) is 1.40. The Balaban J connectivity index is 2.30. The third-order valence-corrected chi connectivity index (χ3v) is 0.994. The van der Waals surface area contributed by atoms with Crippen molar-refractivity contribution in [2.24, 2.45) is 5.84 Å². The van der Waals surface area contributed by atoms with E-state index >= 15 is 0 Å². The summed E-state index contributed by atoms with van der Waals surface area (Å²) < 4.78 is 0. The molecule has 0 spiro atoms. The van der Waals surface area contributed by atoms with Crippen molar-refractivity contribution in [2.75, 3.05) is 13.2 Å². The van der Waals surface area contributed by atoms with E-state index in [2.05, 4.69) is 6.08 Å². The van der Waals surface area contributed by atoms with Crippen molar-refractivity contribution in [2.45, 2.75) is 6.42 Å². The Morgan fingerprint density at radius 2 is 2.38 bits per heavy atom. The van der Waals surface area contributed by atoms with E-state index in [4.69, 9.17) is 10.7 Å². The molecule has 8 heavy (non-hydrogen) atoms. The van der Waals surface area contributed by atoms with Crippen molar-refractivity contribution < 1.29 is 4.84 Å². The Labute approximate surface area is 48.6 Å². The zero-order valence-electron chi connectivity index (χ0n) is 4.71. The van der Waals surface area contributed by atoms with E-state index in [0.717, 1.165) is 6.42 Å². The molecule has 0 saturated heterocycles. The van der Waals surface area contributed by atoms with Crippen LogP contribution in [0.15, 0.2) is 12.2 Å². The Bertz CT molecular complexity index is 92.4. The molecule has 0 fully saturated rings. The molecule has 2 N–H and O–H groups in total. The molecule has 0 saturated carbocycles. The van der Waals surface area contributed by atoms with Crippen LogP contribution in [0.5, 0.6) is 0 Å². The minimum atomic E-state index is 0.694. The second kappa shape index (κ2) is 2.81. The minimum Gasteiger partial charge on any atom is -0.284 e. The zero-order chi connectivity index (χ0) is 5.82. The van der Waals surface area contributed by atoms with Crippen molar-refractivity contribution in [1.29, 1.82) is 0 Å². The summed E-state index contributed by atoms with van der Waals surface area (Å²) >= 11 is 0. The standard InChI is InChI=1S/C5H10N2O/c6-7-4-2-1-3-5-8-7/h1-2H,3-6H2. The average Bonchev–Trinajstić information content (AvgIpc) is 1.94. The first kappa shape index (κ1) is 5.75. The van der Waals surface area contributed by atoms with Gasteiger partial charge in [0.2, 0.25) is 0 Å². The van der Waals surface area contributed by atoms with Crippen LogP contribution < -0.4 is 5.84 Å². The fourth-order valence-electron chi connectivity index (χ4n) is 0.587. The van der Waals surface area contributed by atoms with Gasteiger partial charge in [-0.1, -0.05) is 12.2 Å². The SMILES string of the molecule is NN1CC=CCCO1. The van der Waals surface area contributed by atoms with Crippen LogP contribution in [0.1, 0.15) is 6.42 Å². The summed E-state index contributed by atoms with van der Waals surface area (Å²) in [5, 5.41) is 1.34. The molecule has 1 heterocycles. The Morgan fingerprint density at radius 1 is 1.50 bits per heavy atom. The molecule has 0 aliphatic carbocycles. The number of hydroxylamine groups is 1. The average molecular weight is 114 g/mol. The predicted octanol–water partition coefficient (Wildman–Crippen LogP) is 0.0536. The van der Waals surface area contributed by atoms with E-state index in [1.807, 2.05) is 6.08 Å². The molecule has 3 nitrogen and oxygen atoms in total. The predicted molar refractivity (Wildman–Crippen MR) is 30.6 cm³/mol. The van der Waals surface area contributed by atoms with Crippen LogP contribution in [0.3, 0.4) is 0 Å². The molecule has 46 valence electrons. The highest BCUT2D eigenvalue weighted by Gasteiger charge is 1.96. The summed E-state index contributed by atoms with van der Waals surface area (Å²) in [5.74, 6) is 5.29. The van der Waals surface area contributed by atoms with Crippen LogP contribution in [0.25, 0.3) is 0 Å². The lowest BCUT2D eigenvalue weighted by molar-refractivity contribution is -0.149. The zero-order valence-corrected chi connectivity index (χ0v) is 4.71. The number of rotatable bonds is 0. The summed E-state index contributed by atoms with van der Waals surface area (Å²) in [6, 6.07) is 0. The first-order valence-corrected chi connectivity index (χ1v) is 2.70. The largest absolute Gasteiger partial charge is 0.284 e. The molecule has 1 rings (SSSR count). The lowest BCUT2D eigenvalue weighted by Crippen LogP contribution is -2.30. The summed E-state index contributed by atoms with van der Waals surface area (Å²) in [6.07, 6.45) is 5.02. The molecule has 1 aliphatic rings. The summed E-state index contributed by atoms with van der Waals surface area (Å²) in [5.41, 5.74) is 0. The fourth-order valence-corrected chi connectivity index (χ4v) is 0.587. The quantitative estimate of drug-likeness (QED) is 0.357. The van der Waals surface area contributed by atoms with E-state index in [1.54, 1.807) is 0 Å². The summed E-state index contributed by atoms with van der Waals surface area (Å²) in [4.78, 5) is 4.95. The van der Waals surface area contributed by atoms with Gasteiger partial charge in [0.05, 0.1) is 13.2 Å². The maximum atomic E-state index is 5.29. The maximum absolute atomic E-state index is 5.29. The lowest BCUT2D eigenvalue weighted by Gasteiger charge is -2.09. The van der Waals surface area contributed by atoms with E-state index in [0.29, 0.717) is 13.2 Å². The minimum absolute atomic E-state index is 0.694. The summed E-state index contributed by atoms with van der Waals surface area (Å²) in [7, 11) is 0. The normalized spacial score (nSPS) is 23.1. The van der Waals surface area contributed by atoms with Gasteiger partial charge in [0, 0.05) is 0 Å². The molecular weight excluding hydrogens is 104 g/mol. The van der Waals surface area contributed by atoms with Crippen LogP contribution in [0.2, 0.25) is 0 Å². The third kappa shape index (κ3) is 1.61. The van der Waals surface area contributed by atoms with Crippen LogP contribution in [0, 0.1) is 0 Å². The molecule has 0 amide bonds. The molecule has 0 aromatic carbocycles. The molecule has 1 aliphatic heterocycles. The van der Waals surface area contributed by atoms with Gasteiger partial charge in [-0.25, -0.2) is 5.84 Å². The smallest absolute Gasteiger partial charge is 0.0736 e. The maximum Gasteiger partial charge on any atom is 0.0736 e. The second-order valence-electron chi connectivity index (χ2n) is 1.69. The van der Waals surface area contributed by atoms with Crippen LogP contribution in [0.4, 0.5) is 0 Å². The number of hydrazine groups is 1. The van der Waals surface area contributed by atoms with E-state index in [9.17, 15) is 0 Å². The topological polar surface area (TPSA) is 38.5 Å². The Kier molecular flexibility index (Phi) is 2.02. The molecule has 0 aromatic rings. The third-order valence-electron chi connectivity index (χ3n) is 0.994. The highest BCUT2D eigenvalue weighted by atomic mass is 16.7. The van der Waals surface area contributed by atoms with Crippen LogP contribution in [-0.2, 0) is 4.84 Å². The number of hydrogen-bond donors (Lipinski definition) is 1. The number of nitrogens with two attached hydrogens (primary N) is 1. The van der Waals surface area contributed by atoms with Crippen molar-refractivity contribution >= 4 is 0 Å². The number of hydrogen-bond acceptors (Lipinski definition) is 3. The van der Waals surface area contributed by atoms with Gasteiger partial charge in [-0.15, -0.1) is 5.17 Å². The van der Waals surface area contributed by atoms with E-state index < -0.39 is 0 Å². The Morgan fingerprint density at radius 3 is 3.25 bits per heavy atom. The monoisotopic (exact) mass is 114 g/mol. The first-order chi connectivity index (χ1) is 3.89. The van der Waals surface area contributed by atoms with Crippen LogP contribution in [-0.4, -0.2) is 18.3 Å². The van der Waals surface area contributed by atoms with Gasteiger partial charge in [-0.2, -0.15) is 0 Å². The van der Waals surface area contributed by atoms with Crippen molar-refractivity contribution in [3.8, 4) is 0 Å². The van der Waals surface area contributed by atoms with Crippen molar-refractivity contribution in [1.82, 2.24) is 5.17 Å². The van der Waals surface area contributed by atoms with E-state index in [1.165, 1.54) is 5.17 Å². The number of nitrogens with zero attached hydrogens (tertiary/aromatic N) is 1. The van der Waals surface area contributed by atoms with Gasteiger partial charge >= 0.3 is 0 Å². The van der Waals surface area contributed by atoms with Crippen LogP contribution >= 0.6 is 0 Å². The van der Waals surface area contributed by atoms with Gasteiger partial charge in [0.1, 0.15) is 0 Å². The highest BCUT2D eigenvalue weighted by Crippen LogP contribution is 1.93. The molecular formula is C5H10N2O. The molecule has 0 bridgehead atoms. The first-order valence-electron chi connectivity index (χ1n) is 2.70. The Hall–Kier alpha value is -0.380. The molecule has 0 atom stereocenters. The molecule has 3 heteroatoms. The van der Waals surface area contributed by atoms with Gasteiger partial charge in [0.15, 0.2) is 0 Å². The van der Waals surface area contributed by atoms with Gasteiger partial charge < -0.3 is 0 Å². The molecule has 0 radical (unpaired) electrons. The molecule has 0 aromatic heterocycles. The second-order valence-corrected chi connectivity index (χ2v) is 1.69. The van der Waals surface area contributed by atoms with E-state index in [-0.39, 0.29) is 0 Å². The van der Waals surface area contributed by atoms with Gasteiger partial charge in [0.25, 0.3) is 0 Å². The van der Waals surface area contributed by atoms with Crippen molar-refractivity contribution in [3.63, 3.8) is 0 Å². The highest BCUT2D eigenvalue weighted by molar-refractivity contribution is 4.83.